The molecule has 2 aromatic carbocycles. The molecular formula is C24H30N2O3. The van der Waals surface area contributed by atoms with E-state index in [0.717, 1.165) is 62.8 Å². The summed E-state index contributed by atoms with van der Waals surface area (Å²) in [6.07, 6.45) is 1.01. The number of rotatable bonds is 6. The molecule has 2 aliphatic rings. The maximum absolute atomic E-state index is 12.6. The van der Waals surface area contributed by atoms with Crippen LogP contribution in [0.4, 0.5) is 0 Å². The van der Waals surface area contributed by atoms with Crippen molar-refractivity contribution in [2.75, 3.05) is 39.4 Å². The third kappa shape index (κ3) is 4.73. The lowest BCUT2D eigenvalue weighted by molar-refractivity contribution is -0.135. The number of carbonyl (C=O) groups is 1. The Kier molecular flexibility index (Phi) is 6.05. The van der Waals surface area contributed by atoms with Gasteiger partial charge in [0, 0.05) is 39.1 Å². The molecule has 154 valence electrons. The minimum absolute atomic E-state index is 0.0675. The van der Waals surface area contributed by atoms with Crippen LogP contribution in [0.15, 0.2) is 42.5 Å². The fourth-order valence-corrected chi connectivity index (χ4v) is 4.07. The van der Waals surface area contributed by atoms with Crippen molar-refractivity contribution in [1.29, 1.82) is 0 Å². The SMILES string of the molecule is CC(C)c1ccccc1OCC(=O)N1CCN(Cc2ccc3c(c2)CCO3)CC1. The van der Waals surface area contributed by atoms with Gasteiger partial charge in [-0.05, 0) is 34.7 Å². The second kappa shape index (κ2) is 8.87. The third-order valence-corrected chi connectivity index (χ3v) is 5.78. The Labute approximate surface area is 173 Å². The molecule has 1 fully saturated rings. The van der Waals surface area contributed by atoms with E-state index >= 15 is 0 Å². The molecule has 0 N–H and O–H groups in total. The second-order valence-corrected chi connectivity index (χ2v) is 8.18. The normalized spacial score (nSPS) is 16.6. The number of hydrogen-bond donors (Lipinski definition) is 0. The van der Waals surface area contributed by atoms with Crippen LogP contribution < -0.4 is 9.47 Å². The van der Waals surface area contributed by atoms with E-state index in [1.54, 1.807) is 0 Å². The molecule has 2 heterocycles. The zero-order valence-corrected chi connectivity index (χ0v) is 17.4. The van der Waals surface area contributed by atoms with Crippen LogP contribution in [-0.4, -0.2) is 55.1 Å². The average Bonchev–Trinajstić information content (AvgIpc) is 3.20. The van der Waals surface area contributed by atoms with Crippen molar-refractivity contribution in [3.05, 3.63) is 59.2 Å². The number of piperazine rings is 1. The van der Waals surface area contributed by atoms with E-state index < -0.39 is 0 Å². The fraction of sp³-hybridized carbons (Fsp3) is 0.458. The predicted octanol–water partition coefficient (Wildman–Crippen LogP) is 3.47. The van der Waals surface area contributed by atoms with Gasteiger partial charge >= 0.3 is 0 Å². The van der Waals surface area contributed by atoms with Gasteiger partial charge in [-0.25, -0.2) is 0 Å². The number of nitrogens with zero attached hydrogens (tertiary/aromatic N) is 2. The van der Waals surface area contributed by atoms with Gasteiger partial charge in [-0.15, -0.1) is 0 Å². The van der Waals surface area contributed by atoms with Gasteiger partial charge in [0.25, 0.3) is 5.91 Å². The number of carbonyl (C=O) groups excluding carboxylic acids is 1. The molecule has 1 amide bonds. The van der Waals surface area contributed by atoms with Crippen molar-refractivity contribution >= 4 is 5.91 Å². The van der Waals surface area contributed by atoms with Gasteiger partial charge in [0.05, 0.1) is 6.61 Å². The van der Waals surface area contributed by atoms with Gasteiger partial charge in [-0.1, -0.05) is 44.2 Å². The summed E-state index contributed by atoms with van der Waals surface area (Å²) in [6, 6.07) is 14.5. The number of benzene rings is 2. The fourth-order valence-electron chi connectivity index (χ4n) is 4.07. The largest absolute Gasteiger partial charge is 0.493 e. The summed E-state index contributed by atoms with van der Waals surface area (Å²) in [7, 11) is 0. The molecular weight excluding hydrogens is 364 g/mol. The van der Waals surface area contributed by atoms with E-state index in [2.05, 4.69) is 43.0 Å². The predicted molar refractivity (Wildman–Crippen MR) is 114 cm³/mol. The Hall–Kier alpha value is -2.53. The van der Waals surface area contributed by atoms with Crippen molar-refractivity contribution in [2.45, 2.75) is 32.7 Å². The molecule has 0 atom stereocenters. The van der Waals surface area contributed by atoms with Crippen molar-refractivity contribution in [3.8, 4) is 11.5 Å². The minimum atomic E-state index is 0.0675. The molecule has 5 nitrogen and oxygen atoms in total. The summed E-state index contributed by atoms with van der Waals surface area (Å²) in [4.78, 5) is 16.9. The van der Waals surface area contributed by atoms with Crippen LogP contribution in [0.25, 0.3) is 0 Å². The van der Waals surface area contributed by atoms with Crippen molar-refractivity contribution in [2.24, 2.45) is 0 Å². The molecule has 1 saturated heterocycles. The number of amides is 1. The average molecular weight is 395 g/mol. The Balaban J connectivity index is 1.26. The first-order valence-corrected chi connectivity index (χ1v) is 10.6. The lowest BCUT2D eigenvalue weighted by Crippen LogP contribution is -2.49. The summed E-state index contributed by atoms with van der Waals surface area (Å²) in [5.41, 5.74) is 3.78. The molecule has 0 saturated carbocycles. The first kappa shape index (κ1) is 19.8. The second-order valence-electron chi connectivity index (χ2n) is 8.18. The van der Waals surface area contributed by atoms with Crippen LogP contribution in [-0.2, 0) is 17.8 Å². The van der Waals surface area contributed by atoms with Crippen LogP contribution >= 0.6 is 0 Å². The summed E-state index contributed by atoms with van der Waals surface area (Å²) >= 11 is 0. The Morgan fingerprint density at radius 3 is 2.69 bits per heavy atom. The van der Waals surface area contributed by atoms with Crippen molar-refractivity contribution in [1.82, 2.24) is 9.80 Å². The van der Waals surface area contributed by atoms with Crippen LogP contribution in [0.5, 0.6) is 11.5 Å². The van der Waals surface area contributed by atoms with E-state index in [0.29, 0.717) is 5.92 Å². The standard InChI is InChI=1S/C24H30N2O3/c1-18(2)21-5-3-4-6-23(21)29-17-24(27)26-12-10-25(11-13-26)16-19-7-8-22-20(15-19)9-14-28-22/h3-8,15,18H,9-14,16-17H2,1-2H3. The molecule has 2 aliphatic heterocycles. The summed E-state index contributed by atoms with van der Waals surface area (Å²) in [5, 5.41) is 0. The topological polar surface area (TPSA) is 42.0 Å². The third-order valence-electron chi connectivity index (χ3n) is 5.78. The maximum Gasteiger partial charge on any atom is 0.260 e. The first-order chi connectivity index (χ1) is 14.1. The minimum Gasteiger partial charge on any atom is -0.493 e. The van der Waals surface area contributed by atoms with E-state index in [4.69, 9.17) is 9.47 Å². The smallest absolute Gasteiger partial charge is 0.260 e. The lowest BCUT2D eigenvalue weighted by atomic mass is 10.0. The molecule has 0 aliphatic carbocycles. The molecule has 0 aromatic heterocycles. The Bertz CT molecular complexity index is 857. The van der Waals surface area contributed by atoms with Crippen LogP contribution in [0.2, 0.25) is 0 Å². The van der Waals surface area contributed by atoms with Crippen molar-refractivity contribution < 1.29 is 14.3 Å². The highest BCUT2D eigenvalue weighted by Crippen LogP contribution is 2.27. The molecule has 5 heteroatoms. The zero-order valence-electron chi connectivity index (χ0n) is 17.4. The van der Waals surface area contributed by atoms with Gasteiger partial charge < -0.3 is 14.4 Å². The van der Waals surface area contributed by atoms with Gasteiger partial charge in [0.15, 0.2) is 6.61 Å². The van der Waals surface area contributed by atoms with E-state index in [9.17, 15) is 4.79 Å². The van der Waals surface area contributed by atoms with Crippen LogP contribution in [0.3, 0.4) is 0 Å². The lowest BCUT2D eigenvalue weighted by Gasteiger charge is -2.34. The molecule has 0 spiro atoms. The Morgan fingerprint density at radius 2 is 1.90 bits per heavy atom. The highest BCUT2D eigenvalue weighted by atomic mass is 16.5. The van der Waals surface area contributed by atoms with Gasteiger partial charge in [-0.3, -0.25) is 9.69 Å². The number of hydrogen-bond acceptors (Lipinski definition) is 4. The maximum atomic E-state index is 12.6. The van der Waals surface area contributed by atoms with Gasteiger partial charge in [0.1, 0.15) is 11.5 Å². The summed E-state index contributed by atoms with van der Waals surface area (Å²) in [6.45, 7) is 9.38. The van der Waals surface area contributed by atoms with E-state index in [-0.39, 0.29) is 12.5 Å². The van der Waals surface area contributed by atoms with E-state index in [1.165, 1.54) is 11.1 Å². The van der Waals surface area contributed by atoms with Crippen LogP contribution in [0, 0.1) is 0 Å². The Morgan fingerprint density at radius 1 is 1.10 bits per heavy atom. The number of para-hydroxylation sites is 1. The molecule has 2 aromatic rings. The zero-order chi connectivity index (χ0) is 20.2. The summed E-state index contributed by atoms with van der Waals surface area (Å²) in [5.74, 6) is 2.28. The van der Waals surface area contributed by atoms with Gasteiger partial charge in [0.2, 0.25) is 0 Å². The number of fused-ring (bicyclic) bond motifs is 1. The van der Waals surface area contributed by atoms with E-state index in [1.807, 2.05) is 23.1 Å². The highest BCUT2D eigenvalue weighted by Gasteiger charge is 2.22. The van der Waals surface area contributed by atoms with Crippen LogP contribution in [0.1, 0.15) is 36.5 Å². The number of ether oxygens (including phenoxy) is 2. The monoisotopic (exact) mass is 394 g/mol. The molecule has 0 unspecified atom stereocenters. The van der Waals surface area contributed by atoms with Crippen molar-refractivity contribution in [3.63, 3.8) is 0 Å². The quantitative estimate of drug-likeness (QED) is 0.752. The molecule has 0 radical (unpaired) electrons. The molecule has 0 bridgehead atoms. The highest BCUT2D eigenvalue weighted by molar-refractivity contribution is 5.78. The first-order valence-electron chi connectivity index (χ1n) is 10.6. The van der Waals surface area contributed by atoms with Gasteiger partial charge in [-0.2, -0.15) is 0 Å². The molecule has 29 heavy (non-hydrogen) atoms. The molecule has 4 rings (SSSR count). The summed E-state index contributed by atoms with van der Waals surface area (Å²) < 4.78 is 11.5.